The average molecular weight is 304 g/mol. The molecular formula is C16H18ClN3O. The summed E-state index contributed by atoms with van der Waals surface area (Å²) in [7, 11) is 0. The SMILES string of the molecule is Cc1ccc(Cl)cc1NC(=O)CCNCc1ccncc1. The number of amides is 1. The van der Waals surface area contributed by atoms with Gasteiger partial charge in [0.05, 0.1) is 0 Å². The zero-order valence-corrected chi connectivity index (χ0v) is 12.7. The van der Waals surface area contributed by atoms with Crippen molar-refractivity contribution in [2.45, 2.75) is 19.9 Å². The maximum absolute atomic E-state index is 11.9. The Bertz CT molecular complexity index is 602. The molecule has 0 saturated heterocycles. The first kappa shape index (κ1) is 15.5. The minimum Gasteiger partial charge on any atom is -0.326 e. The molecule has 0 bridgehead atoms. The zero-order valence-electron chi connectivity index (χ0n) is 11.9. The largest absolute Gasteiger partial charge is 0.326 e. The van der Waals surface area contributed by atoms with Gasteiger partial charge in [-0.2, -0.15) is 0 Å². The molecule has 0 radical (unpaired) electrons. The number of hydrogen-bond donors (Lipinski definition) is 2. The van der Waals surface area contributed by atoms with Crippen molar-refractivity contribution < 1.29 is 4.79 Å². The number of halogens is 1. The fraction of sp³-hybridized carbons (Fsp3) is 0.250. The van der Waals surface area contributed by atoms with E-state index in [1.54, 1.807) is 18.5 Å². The lowest BCUT2D eigenvalue weighted by molar-refractivity contribution is -0.116. The number of rotatable bonds is 6. The van der Waals surface area contributed by atoms with E-state index < -0.39 is 0 Å². The Labute approximate surface area is 129 Å². The standard InChI is InChI=1S/C16H18ClN3O/c1-12-2-3-14(17)10-15(12)20-16(21)6-9-19-11-13-4-7-18-8-5-13/h2-5,7-8,10,19H,6,9,11H2,1H3,(H,20,21). The molecule has 0 fully saturated rings. The Kier molecular flexibility index (Phi) is 5.72. The molecular weight excluding hydrogens is 286 g/mol. The number of nitrogens with zero attached hydrogens (tertiary/aromatic N) is 1. The van der Waals surface area contributed by atoms with E-state index in [0.717, 1.165) is 23.4 Å². The van der Waals surface area contributed by atoms with E-state index in [9.17, 15) is 4.79 Å². The van der Waals surface area contributed by atoms with E-state index in [1.807, 2.05) is 31.2 Å². The van der Waals surface area contributed by atoms with E-state index in [0.29, 0.717) is 18.0 Å². The van der Waals surface area contributed by atoms with Crippen LogP contribution in [0.2, 0.25) is 5.02 Å². The fourth-order valence-electron chi connectivity index (χ4n) is 1.88. The number of carbonyl (C=O) groups excluding carboxylic acids is 1. The van der Waals surface area contributed by atoms with Gasteiger partial charge in [0.2, 0.25) is 5.91 Å². The number of aromatic nitrogens is 1. The van der Waals surface area contributed by atoms with Gasteiger partial charge in [-0.1, -0.05) is 17.7 Å². The van der Waals surface area contributed by atoms with Crippen molar-refractivity contribution >= 4 is 23.2 Å². The maximum Gasteiger partial charge on any atom is 0.225 e. The summed E-state index contributed by atoms with van der Waals surface area (Å²) >= 11 is 5.93. The van der Waals surface area contributed by atoms with Gasteiger partial charge >= 0.3 is 0 Å². The van der Waals surface area contributed by atoms with Gasteiger partial charge in [-0.25, -0.2) is 0 Å². The lowest BCUT2D eigenvalue weighted by Gasteiger charge is -2.09. The van der Waals surface area contributed by atoms with Gasteiger partial charge in [0.25, 0.3) is 0 Å². The number of pyridine rings is 1. The van der Waals surface area contributed by atoms with Crippen molar-refractivity contribution in [3.8, 4) is 0 Å². The van der Waals surface area contributed by atoms with Crippen LogP contribution >= 0.6 is 11.6 Å². The Morgan fingerprint density at radius 1 is 1.24 bits per heavy atom. The van der Waals surface area contributed by atoms with E-state index in [2.05, 4.69) is 15.6 Å². The normalized spacial score (nSPS) is 10.4. The lowest BCUT2D eigenvalue weighted by Crippen LogP contribution is -2.21. The monoisotopic (exact) mass is 303 g/mol. The third-order valence-electron chi connectivity index (χ3n) is 3.08. The van der Waals surface area contributed by atoms with Crippen molar-refractivity contribution in [1.29, 1.82) is 0 Å². The molecule has 1 aromatic carbocycles. The van der Waals surface area contributed by atoms with Crippen molar-refractivity contribution in [2.24, 2.45) is 0 Å². The summed E-state index contributed by atoms with van der Waals surface area (Å²) in [6.07, 6.45) is 3.92. The molecule has 21 heavy (non-hydrogen) atoms. The molecule has 1 aromatic heterocycles. The molecule has 4 nitrogen and oxygen atoms in total. The van der Waals surface area contributed by atoms with Crippen molar-refractivity contribution in [2.75, 3.05) is 11.9 Å². The predicted molar refractivity (Wildman–Crippen MR) is 85.4 cm³/mol. The number of nitrogens with one attached hydrogen (secondary N) is 2. The smallest absolute Gasteiger partial charge is 0.225 e. The Hall–Kier alpha value is -1.91. The first-order chi connectivity index (χ1) is 10.1. The summed E-state index contributed by atoms with van der Waals surface area (Å²) in [6, 6.07) is 9.35. The molecule has 1 amide bonds. The summed E-state index contributed by atoms with van der Waals surface area (Å²) in [5.74, 6) is -0.0254. The second kappa shape index (κ2) is 7.76. The van der Waals surface area contributed by atoms with Crippen LogP contribution in [0.4, 0.5) is 5.69 Å². The topological polar surface area (TPSA) is 54.0 Å². The highest BCUT2D eigenvalue weighted by atomic mass is 35.5. The van der Waals surface area contributed by atoms with Crippen molar-refractivity contribution in [1.82, 2.24) is 10.3 Å². The minimum absolute atomic E-state index is 0.0254. The molecule has 0 atom stereocenters. The number of hydrogen-bond acceptors (Lipinski definition) is 3. The van der Waals surface area contributed by atoms with Crippen LogP contribution in [0.25, 0.3) is 0 Å². The van der Waals surface area contributed by atoms with Gasteiger partial charge in [0.1, 0.15) is 0 Å². The molecule has 1 heterocycles. The number of aryl methyl sites for hydroxylation is 1. The van der Waals surface area contributed by atoms with E-state index >= 15 is 0 Å². The molecule has 0 aliphatic rings. The van der Waals surface area contributed by atoms with Crippen LogP contribution in [0, 0.1) is 6.92 Å². The lowest BCUT2D eigenvalue weighted by atomic mass is 10.2. The third kappa shape index (κ3) is 5.17. The van der Waals surface area contributed by atoms with Gasteiger partial charge in [-0.05, 0) is 42.3 Å². The Morgan fingerprint density at radius 3 is 2.76 bits per heavy atom. The maximum atomic E-state index is 11.9. The number of benzene rings is 1. The van der Waals surface area contributed by atoms with Gasteiger partial charge in [-0.3, -0.25) is 9.78 Å². The van der Waals surface area contributed by atoms with Gasteiger partial charge < -0.3 is 10.6 Å². The Morgan fingerprint density at radius 2 is 2.00 bits per heavy atom. The number of carbonyl (C=O) groups is 1. The summed E-state index contributed by atoms with van der Waals surface area (Å²) < 4.78 is 0. The molecule has 0 aliphatic heterocycles. The van der Waals surface area contributed by atoms with E-state index in [1.165, 1.54) is 0 Å². The molecule has 2 rings (SSSR count). The molecule has 0 unspecified atom stereocenters. The van der Waals surface area contributed by atoms with Crippen molar-refractivity contribution in [3.63, 3.8) is 0 Å². The van der Waals surface area contributed by atoms with Crippen LogP contribution in [-0.4, -0.2) is 17.4 Å². The fourth-order valence-corrected chi connectivity index (χ4v) is 2.05. The quantitative estimate of drug-likeness (QED) is 0.806. The summed E-state index contributed by atoms with van der Waals surface area (Å²) in [4.78, 5) is 15.8. The van der Waals surface area contributed by atoms with Crippen LogP contribution in [0.1, 0.15) is 17.5 Å². The second-order valence-electron chi connectivity index (χ2n) is 4.79. The summed E-state index contributed by atoms with van der Waals surface area (Å²) in [5, 5.41) is 6.72. The third-order valence-corrected chi connectivity index (χ3v) is 3.32. The van der Waals surface area contributed by atoms with Crippen LogP contribution in [-0.2, 0) is 11.3 Å². The van der Waals surface area contributed by atoms with Crippen LogP contribution in [0.3, 0.4) is 0 Å². The van der Waals surface area contributed by atoms with Gasteiger partial charge in [-0.15, -0.1) is 0 Å². The predicted octanol–water partition coefficient (Wildman–Crippen LogP) is 3.16. The zero-order chi connectivity index (χ0) is 15.1. The molecule has 0 saturated carbocycles. The first-order valence-corrected chi connectivity index (χ1v) is 7.18. The highest BCUT2D eigenvalue weighted by Crippen LogP contribution is 2.20. The summed E-state index contributed by atoms with van der Waals surface area (Å²) in [5.41, 5.74) is 2.91. The van der Waals surface area contributed by atoms with Gasteiger partial charge in [0.15, 0.2) is 0 Å². The van der Waals surface area contributed by atoms with Gasteiger partial charge in [0, 0.05) is 42.6 Å². The van der Waals surface area contributed by atoms with Crippen molar-refractivity contribution in [3.05, 3.63) is 58.9 Å². The molecule has 2 N–H and O–H groups in total. The Balaban J connectivity index is 1.74. The highest BCUT2D eigenvalue weighted by Gasteiger charge is 2.05. The molecule has 2 aromatic rings. The van der Waals surface area contributed by atoms with Crippen LogP contribution in [0.5, 0.6) is 0 Å². The minimum atomic E-state index is -0.0254. The average Bonchev–Trinajstić information content (AvgIpc) is 2.48. The molecule has 0 aliphatic carbocycles. The second-order valence-corrected chi connectivity index (χ2v) is 5.23. The first-order valence-electron chi connectivity index (χ1n) is 6.81. The molecule has 5 heteroatoms. The van der Waals surface area contributed by atoms with Crippen LogP contribution < -0.4 is 10.6 Å². The number of anilines is 1. The van der Waals surface area contributed by atoms with E-state index in [4.69, 9.17) is 11.6 Å². The molecule has 110 valence electrons. The van der Waals surface area contributed by atoms with Crippen LogP contribution in [0.15, 0.2) is 42.7 Å². The highest BCUT2D eigenvalue weighted by molar-refractivity contribution is 6.31. The molecule has 0 spiro atoms. The summed E-state index contributed by atoms with van der Waals surface area (Å²) in [6.45, 7) is 3.29. The van der Waals surface area contributed by atoms with E-state index in [-0.39, 0.29) is 5.91 Å².